The molecular weight excluding hydrogens is 404 g/mol. The molecule has 0 saturated heterocycles. The third-order valence-electron chi connectivity index (χ3n) is 4.56. The lowest BCUT2D eigenvalue weighted by Crippen LogP contribution is -2.00. The Morgan fingerprint density at radius 3 is 1.38 bits per heavy atom. The van der Waals surface area contributed by atoms with Gasteiger partial charge < -0.3 is 18.9 Å². The highest BCUT2D eigenvalue weighted by atomic mass is 16.5. The number of ether oxygens (including phenoxy) is 4. The molecule has 3 rings (SSSR count). The van der Waals surface area contributed by atoms with Crippen LogP contribution in [0.5, 0.6) is 17.2 Å². The summed E-state index contributed by atoms with van der Waals surface area (Å²) in [6, 6.07) is 18.2. The summed E-state index contributed by atoms with van der Waals surface area (Å²) in [5, 5.41) is 0. The van der Waals surface area contributed by atoms with Crippen molar-refractivity contribution >= 4 is 5.97 Å². The van der Waals surface area contributed by atoms with Crippen molar-refractivity contribution in [2.45, 2.75) is 0 Å². The van der Waals surface area contributed by atoms with Gasteiger partial charge in [-0.25, -0.2) is 4.79 Å². The van der Waals surface area contributed by atoms with Crippen LogP contribution in [0.4, 0.5) is 0 Å². The summed E-state index contributed by atoms with van der Waals surface area (Å²) >= 11 is 0. The van der Waals surface area contributed by atoms with E-state index in [2.05, 4.69) is 23.7 Å². The Morgan fingerprint density at radius 2 is 1.00 bits per heavy atom. The first-order valence-corrected chi connectivity index (χ1v) is 9.70. The van der Waals surface area contributed by atoms with Crippen LogP contribution in [0.1, 0.15) is 32.6 Å². The second-order valence-electron chi connectivity index (χ2n) is 6.56. The largest absolute Gasteiger partial charge is 0.493 e. The van der Waals surface area contributed by atoms with E-state index in [4.69, 9.17) is 18.9 Å². The highest BCUT2D eigenvalue weighted by Gasteiger charge is 2.12. The van der Waals surface area contributed by atoms with Gasteiger partial charge in [-0.3, -0.25) is 0 Å². The Hall–Kier alpha value is -4.35. The number of benzene rings is 3. The first-order chi connectivity index (χ1) is 15.6. The van der Waals surface area contributed by atoms with Crippen molar-refractivity contribution in [1.82, 2.24) is 0 Å². The molecular formula is C27H22O5. The molecule has 0 spiro atoms. The first-order valence-electron chi connectivity index (χ1n) is 9.70. The predicted octanol–water partition coefficient (Wildman–Crippen LogP) is 4.30. The zero-order valence-electron chi connectivity index (χ0n) is 18.3. The third kappa shape index (κ3) is 5.41. The molecule has 0 N–H and O–H groups in total. The standard InChI is InChI=1S/C27H22O5/c1-29-24-17-22(18-25(30-2)26(24)31-3)12-11-20-7-5-19(6-8-20)9-10-21-13-15-23(16-14-21)27(28)32-4/h5-8,13-18H,1-4H3. The number of rotatable bonds is 4. The van der Waals surface area contributed by atoms with Gasteiger partial charge in [0.25, 0.3) is 0 Å². The number of carbonyl (C=O) groups excluding carboxylic acids is 1. The van der Waals surface area contributed by atoms with Crippen LogP contribution >= 0.6 is 0 Å². The summed E-state index contributed by atoms with van der Waals surface area (Å²) in [4.78, 5) is 11.5. The van der Waals surface area contributed by atoms with E-state index in [9.17, 15) is 4.79 Å². The van der Waals surface area contributed by atoms with E-state index in [1.807, 2.05) is 24.3 Å². The van der Waals surface area contributed by atoms with Crippen molar-refractivity contribution in [3.63, 3.8) is 0 Å². The van der Waals surface area contributed by atoms with Crippen LogP contribution in [0.25, 0.3) is 0 Å². The van der Waals surface area contributed by atoms with Crippen molar-refractivity contribution < 1.29 is 23.7 Å². The van der Waals surface area contributed by atoms with Crippen LogP contribution < -0.4 is 14.2 Å². The van der Waals surface area contributed by atoms with Crippen LogP contribution in [-0.4, -0.2) is 34.4 Å². The van der Waals surface area contributed by atoms with E-state index in [0.29, 0.717) is 22.8 Å². The second-order valence-corrected chi connectivity index (χ2v) is 6.56. The molecule has 0 saturated carbocycles. The highest BCUT2D eigenvalue weighted by molar-refractivity contribution is 5.89. The Morgan fingerprint density at radius 1 is 0.594 bits per heavy atom. The molecule has 0 aromatic heterocycles. The van der Waals surface area contributed by atoms with Crippen molar-refractivity contribution in [3.8, 4) is 40.9 Å². The van der Waals surface area contributed by atoms with Crippen molar-refractivity contribution in [2.24, 2.45) is 0 Å². The first kappa shape index (κ1) is 22.3. The van der Waals surface area contributed by atoms with Gasteiger partial charge in [0, 0.05) is 22.3 Å². The molecule has 3 aromatic rings. The maximum absolute atomic E-state index is 11.5. The van der Waals surface area contributed by atoms with Gasteiger partial charge in [0.15, 0.2) is 11.5 Å². The minimum atomic E-state index is -0.368. The maximum Gasteiger partial charge on any atom is 0.337 e. The van der Waals surface area contributed by atoms with Gasteiger partial charge in [0.1, 0.15) is 0 Å². The van der Waals surface area contributed by atoms with E-state index in [-0.39, 0.29) is 5.97 Å². The summed E-state index contributed by atoms with van der Waals surface area (Å²) in [5.74, 6) is 13.7. The molecule has 0 aliphatic rings. The molecule has 0 atom stereocenters. The zero-order chi connectivity index (χ0) is 22.9. The molecule has 3 aromatic carbocycles. The van der Waals surface area contributed by atoms with Gasteiger partial charge in [0.05, 0.1) is 34.0 Å². The van der Waals surface area contributed by atoms with E-state index < -0.39 is 0 Å². The summed E-state index contributed by atoms with van der Waals surface area (Å²) in [6.07, 6.45) is 0. The molecule has 0 aliphatic heterocycles. The fraction of sp³-hybridized carbons (Fsp3) is 0.148. The Labute approximate surface area is 187 Å². The maximum atomic E-state index is 11.5. The van der Waals surface area contributed by atoms with Crippen molar-refractivity contribution in [3.05, 3.63) is 88.5 Å². The monoisotopic (exact) mass is 426 g/mol. The second kappa shape index (κ2) is 10.6. The van der Waals surface area contributed by atoms with Crippen molar-refractivity contribution in [2.75, 3.05) is 28.4 Å². The number of carbonyl (C=O) groups is 1. The van der Waals surface area contributed by atoms with Gasteiger partial charge in [-0.15, -0.1) is 0 Å². The topological polar surface area (TPSA) is 54.0 Å². The molecule has 0 radical (unpaired) electrons. The number of hydrogen-bond donors (Lipinski definition) is 0. The Balaban J connectivity index is 1.75. The predicted molar refractivity (Wildman–Crippen MR) is 122 cm³/mol. The minimum Gasteiger partial charge on any atom is -0.493 e. The SMILES string of the molecule is COC(=O)c1ccc(C#Cc2ccc(C#Cc3cc(OC)c(OC)c(OC)c3)cc2)cc1. The molecule has 0 unspecified atom stereocenters. The van der Waals surface area contributed by atoms with Crippen LogP contribution in [-0.2, 0) is 4.74 Å². The fourth-order valence-corrected chi connectivity index (χ4v) is 2.89. The molecule has 32 heavy (non-hydrogen) atoms. The molecule has 5 heteroatoms. The summed E-state index contributed by atoms with van der Waals surface area (Å²) in [5.41, 5.74) is 3.77. The lowest BCUT2D eigenvalue weighted by molar-refractivity contribution is 0.0600. The van der Waals surface area contributed by atoms with Crippen molar-refractivity contribution in [1.29, 1.82) is 0 Å². The quantitative estimate of drug-likeness (QED) is 0.460. The molecule has 0 aliphatic carbocycles. The van der Waals surface area contributed by atoms with Crippen LogP contribution in [0.15, 0.2) is 60.7 Å². The lowest BCUT2D eigenvalue weighted by Gasteiger charge is -2.12. The number of hydrogen-bond acceptors (Lipinski definition) is 5. The number of esters is 1. The fourth-order valence-electron chi connectivity index (χ4n) is 2.89. The number of methoxy groups -OCH3 is 4. The van der Waals surface area contributed by atoms with Crippen LogP contribution in [0, 0.1) is 23.7 Å². The normalized spacial score (nSPS) is 9.50. The molecule has 0 fully saturated rings. The average Bonchev–Trinajstić information content (AvgIpc) is 2.85. The summed E-state index contributed by atoms with van der Waals surface area (Å²) < 4.78 is 20.8. The van der Waals surface area contributed by atoms with E-state index in [1.54, 1.807) is 57.7 Å². The van der Waals surface area contributed by atoms with E-state index in [1.165, 1.54) is 7.11 Å². The van der Waals surface area contributed by atoms with Gasteiger partial charge in [-0.1, -0.05) is 23.7 Å². The average molecular weight is 426 g/mol. The van der Waals surface area contributed by atoms with Gasteiger partial charge in [0.2, 0.25) is 5.75 Å². The molecule has 5 nitrogen and oxygen atoms in total. The molecule has 0 bridgehead atoms. The van der Waals surface area contributed by atoms with Gasteiger partial charge in [-0.2, -0.15) is 0 Å². The van der Waals surface area contributed by atoms with E-state index in [0.717, 1.165) is 22.3 Å². The molecule has 160 valence electrons. The summed E-state index contributed by atoms with van der Waals surface area (Å²) in [7, 11) is 6.06. The van der Waals surface area contributed by atoms with Crippen LogP contribution in [0.2, 0.25) is 0 Å². The third-order valence-corrected chi connectivity index (χ3v) is 4.56. The molecule has 0 heterocycles. The lowest BCUT2D eigenvalue weighted by atomic mass is 10.1. The summed E-state index contributed by atoms with van der Waals surface area (Å²) in [6.45, 7) is 0. The molecule has 0 amide bonds. The van der Waals surface area contributed by atoms with Gasteiger partial charge >= 0.3 is 5.97 Å². The van der Waals surface area contributed by atoms with Gasteiger partial charge in [-0.05, 0) is 60.7 Å². The smallest absolute Gasteiger partial charge is 0.337 e. The Kier molecular flexibility index (Phi) is 7.41. The Bertz CT molecular complexity index is 1190. The van der Waals surface area contributed by atoms with Crippen LogP contribution in [0.3, 0.4) is 0 Å². The van der Waals surface area contributed by atoms with E-state index >= 15 is 0 Å². The zero-order valence-corrected chi connectivity index (χ0v) is 18.3. The highest BCUT2D eigenvalue weighted by Crippen LogP contribution is 2.37. The minimum absolute atomic E-state index is 0.368.